The van der Waals surface area contributed by atoms with E-state index in [0.717, 1.165) is 22.6 Å². The summed E-state index contributed by atoms with van der Waals surface area (Å²) in [6.07, 6.45) is 0. The molecule has 4 aromatic rings. The first kappa shape index (κ1) is 20.1. The third-order valence-corrected chi connectivity index (χ3v) is 4.50. The minimum absolute atomic E-state index is 0.317. The number of ether oxygens (including phenoxy) is 1. The molecule has 0 atom stereocenters. The topological polar surface area (TPSA) is 94.0 Å². The predicted octanol–water partition coefficient (Wildman–Crippen LogP) is 5.02. The van der Waals surface area contributed by atoms with E-state index in [0.29, 0.717) is 23.1 Å². The van der Waals surface area contributed by atoms with Crippen molar-refractivity contribution in [3.8, 4) is 17.4 Å². The van der Waals surface area contributed by atoms with E-state index in [1.807, 2.05) is 51.1 Å². The first-order valence-corrected chi connectivity index (χ1v) is 9.76. The van der Waals surface area contributed by atoms with Crippen molar-refractivity contribution in [1.29, 1.82) is 0 Å². The number of urea groups is 1. The minimum Gasteiger partial charge on any atom is -0.438 e. The summed E-state index contributed by atoms with van der Waals surface area (Å²) in [5, 5.41) is 18.3. The van der Waals surface area contributed by atoms with E-state index in [2.05, 4.69) is 25.9 Å². The Labute approximate surface area is 179 Å². The van der Waals surface area contributed by atoms with Gasteiger partial charge in [0.05, 0.1) is 5.69 Å². The fraction of sp³-hybridized carbons (Fsp3) is 0.130. The Hall–Kier alpha value is -4.20. The number of amides is 2. The summed E-state index contributed by atoms with van der Waals surface area (Å²) >= 11 is 0. The molecule has 0 aliphatic rings. The van der Waals surface area contributed by atoms with Crippen molar-refractivity contribution in [1.82, 2.24) is 20.0 Å². The smallest absolute Gasteiger partial charge is 0.323 e. The summed E-state index contributed by atoms with van der Waals surface area (Å²) in [6.45, 7) is 5.89. The van der Waals surface area contributed by atoms with Crippen LogP contribution in [0.1, 0.15) is 17.0 Å². The molecule has 0 spiro atoms. The van der Waals surface area contributed by atoms with Gasteiger partial charge in [0.1, 0.15) is 5.75 Å². The van der Waals surface area contributed by atoms with Crippen LogP contribution in [0.2, 0.25) is 0 Å². The second kappa shape index (κ2) is 8.66. The van der Waals surface area contributed by atoms with Crippen LogP contribution in [0.25, 0.3) is 5.82 Å². The molecule has 8 heteroatoms. The lowest BCUT2D eigenvalue weighted by molar-refractivity contribution is 0.262. The van der Waals surface area contributed by atoms with Gasteiger partial charge in [0.2, 0.25) is 5.88 Å². The second-order valence-corrected chi connectivity index (χ2v) is 7.14. The van der Waals surface area contributed by atoms with Crippen LogP contribution in [-0.2, 0) is 0 Å². The van der Waals surface area contributed by atoms with E-state index >= 15 is 0 Å². The van der Waals surface area contributed by atoms with E-state index in [4.69, 9.17) is 4.74 Å². The molecule has 0 saturated heterocycles. The Morgan fingerprint density at radius 3 is 2.03 bits per heavy atom. The van der Waals surface area contributed by atoms with E-state index < -0.39 is 0 Å². The molecule has 2 aromatic carbocycles. The van der Waals surface area contributed by atoms with Crippen LogP contribution in [0.5, 0.6) is 11.6 Å². The van der Waals surface area contributed by atoms with Gasteiger partial charge in [-0.25, -0.2) is 9.48 Å². The Balaban J connectivity index is 1.35. The zero-order valence-corrected chi connectivity index (χ0v) is 17.5. The van der Waals surface area contributed by atoms with E-state index in [-0.39, 0.29) is 6.03 Å². The first-order valence-electron chi connectivity index (χ1n) is 9.76. The molecule has 2 heterocycles. The van der Waals surface area contributed by atoms with Gasteiger partial charge in [-0.2, -0.15) is 5.10 Å². The average Bonchev–Trinajstić information content (AvgIpc) is 3.10. The molecule has 0 aliphatic carbocycles. The normalized spacial score (nSPS) is 10.5. The predicted molar refractivity (Wildman–Crippen MR) is 119 cm³/mol. The molecule has 0 fully saturated rings. The Morgan fingerprint density at radius 1 is 0.839 bits per heavy atom. The van der Waals surface area contributed by atoms with Gasteiger partial charge >= 0.3 is 6.03 Å². The van der Waals surface area contributed by atoms with Gasteiger partial charge in [0.25, 0.3) is 0 Å². The Bertz CT molecular complexity index is 1180. The van der Waals surface area contributed by atoms with Gasteiger partial charge in [0, 0.05) is 23.1 Å². The zero-order valence-electron chi connectivity index (χ0n) is 17.5. The highest BCUT2D eigenvalue weighted by Gasteiger charge is 2.07. The van der Waals surface area contributed by atoms with Crippen LogP contribution in [0.4, 0.5) is 16.2 Å². The van der Waals surface area contributed by atoms with Crippen LogP contribution in [-0.4, -0.2) is 26.0 Å². The van der Waals surface area contributed by atoms with Gasteiger partial charge in [-0.3, -0.25) is 0 Å². The van der Waals surface area contributed by atoms with Crippen LogP contribution in [0.3, 0.4) is 0 Å². The number of nitrogens with one attached hydrogen (secondary N) is 2. The van der Waals surface area contributed by atoms with Gasteiger partial charge < -0.3 is 15.4 Å². The summed E-state index contributed by atoms with van der Waals surface area (Å²) in [5.74, 6) is 1.57. The summed E-state index contributed by atoms with van der Waals surface area (Å²) in [6, 6.07) is 19.8. The quantitative estimate of drug-likeness (QED) is 0.478. The van der Waals surface area contributed by atoms with Crippen LogP contribution in [0, 0.1) is 20.8 Å². The number of hydrogen-bond donors (Lipinski definition) is 2. The van der Waals surface area contributed by atoms with Crippen molar-refractivity contribution in [2.75, 3.05) is 10.6 Å². The van der Waals surface area contributed by atoms with Gasteiger partial charge in [0.15, 0.2) is 5.82 Å². The fourth-order valence-electron chi connectivity index (χ4n) is 3.00. The summed E-state index contributed by atoms with van der Waals surface area (Å²) < 4.78 is 7.47. The SMILES string of the molecule is Cc1ccc(NC(=O)Nc2ccc(Oc3ccc(-n4nc(C)cc4C)nn3)cc2)cc1. The van der Waals surface area contributed by atoms with Crippen molar-refractivity contribution in [3.63, 3.8) is 0 Å². The maximum absolute atomic E-state index is 12.1. The van der Waals surface area contributed by atoms with Crippen molar-refractivity contribution in [3.05, 3.63) is 83.7 Å². The highest BCUT2D eigenvalue weighted by Crippen LogP contribution is 2.22. The molecule has 156 valence electrons. The van der Waals surface area contributed by atoms with E-state index in [1.165, 1.54) is 0 Å². The monoisotopic (exact) mass is 414 g/mol. The lowest BCUT2D eigenvalue weighted by atomic mass is 10.2. The molecule has 2 aromatic heterocycles. The molecule has 0 saturated carbocycles. The maximum Gasteiger partial charge on any atom is 0.323 e. The number of aryl methyl sites for hydroxylation is 3. The van der Waals surface area contributed by atoms with Crippen LogP contribution >= 0.6 is 0 Å². The van der Waals surface area contributed by atoms with E-state index in [1.54, 1.807) is 41.1 Å². The second-order valence-electron chi connectivity index (χ2n) is 7.14. The Morgan fingerprint density at radius 2 is 1.48 bits per heavy atom. The average molecular weight is 414 g/mol. The molecule has 0 aliphatic heterocycles. The first-order chi connectivity index (χ1) is 15.0. The van der Waals surface area contributed by atoms with Gasteiger partial charge in [-0.15, -0.1) is 10.2 Å². The maximum atomic E-state index is 12.1. The highest BCUT2D eigenvalue weighted by atomic mass is 16.5. The number of nitrogens with zero attached hydrogens (tertiary/aromatic N) is 4. The molecule has 0 bridgehead atoms. The van der Waals surface area contributed by atoms with Crippen molar-refractivity contribution in [2.45, 2.75) is 20.8 Å². The van der Waals surface area contributed by atoms with Gasteiger partial charge in [-0.05, 0) is 69.3 Å². The number of aromatic nitrogens is 4. The molecule has 0 unspecified atom stereocenters. The summed E-state index contributed by atoms with van der Waals surface area (Å²) in [5.41, 5.74) is 4.40. The molecular weight excluding hydrogens is 392 g/mol. The number of carbonyl (C=O) groups is 1. The molecule has 2 amide bonds. The highest BCUT2D eigenvalue weighted by molar-refractivity contribution is 5.99. The number of hydrogen-bond acceptors (Lipinski definition) is 5. The van der Waals surface area contributed by atoms with E-state index in [9.17, 15) is 4.79 Å². The number of anilines is 2. The number of carbonyl (C=O) groups excluding carboxylic acids is 1. The molecule has 4 rings (SSSR count). The largest absolute Gasteiger partial charge is 0.438 e. The minimum atomic E-state index is -0.317. The Kier molecular flexibility index (Phi) is 5.61. The molecule has 0 radical (unpaired) electrons. The molecular formula is C23H22N6O2. The van der Waals surface area contributed by atoms with Crippen molar-refractivity contribution in [2.24, 2.45) is 0 Å². The van der Waals surface area contributed by atoms with Crippen molar-refractivity contribution >= 4 is 17.4 Å². The summed E-state index contributed by atoms with van der Waals surface area (Å²) in [4.78, 5) is 12.1. The van der Waals surface area contributed by atoms with Gasteiger partial charge in [-0.1, -0.05) is 17.7 Å². The molecule has 2 N–H and O–H groups in total. The standard InChI is InChI=1S/C23H22N6O2/c1-15-4-6-18(7-5-15)24-23(30)25-19-8-10-20(11-9-19)31-22-13-12-21(26-27-22)29-17(3)14-16(2)28-29/h4-14H,1-3H3,(H2,24,25,30). The fourth-order valence-corrected chi connectivity index (χ4v) is 3.00. The lowest BCUT2D eigenvalue weighted by Crippen LogP contribution is -2.19. The third-order valence-electron chi connectivity index (χ3n) is 4.50. The van der Waals surface area contributed by atoms with Crippen LogP contribution < -0.4 is 15.4 Å². The van der Waals surface area contributed by atoms with Crippen molar-refractivity contribution < 1.29 is 9.53 Å². The molecule has 8 nitrogen and oxygen atoms in total. The molecule has 31 heavy (non-hydrogen) atoms. The lowest BCUT2D eigenvalue weighted by Gasteiger charge is -2.09. The van der Waals surface area contributed by atoms with Crippen LogP contribution in [0.15, 0.2) is 66.7 Å². The number of rotatable bonds is 5. The third kappa shape index (κ3) is 5.05. The zero-order chi connectivity index (χ0) is 21.8. The number of benzene rings is 2. The summed E-state index contributed by atoms with van der Waals surface area (Å²) in [7, 11) is 0.